The number of benzene rings is 2. The molecule has 0 unspecified atom stereocenters. The molecule has 0 radical (unpaired) electrons. The maximum absolute atomic E-state index is 14.5. The summed E-state index contributed by atoms with van der Waals surface area (Å²) in [5.74, 6) is -1.76. The van der Waals surface area contributed by atoms with E-state index in [1.807, 2.05) is 31.3 Å². The van der Waals surface area contributed by atoms with Crippen molar-refractivity contribution in [3.63, 3.8) is 0 Å². The molecule has 1 aliphatic carbocycles. The van der Waals surface area contributed by atoms with Crippen LogP contribution in [0.3, 0.4) is 0 Å². The molecule has 0 spiro atoms. The summed E-state index contributed by atoms with van der Waals surface area (Å²) in [7, 11) is 2.01. The number of hydrogen-bond donors (Lipinski definition) is 1. The molecule has 1 fully saturated rings. The molecule has 1 saturated carbocycles. The SMILES string of the molecule is CN(c1ccccc1-c1cc(F)c(SCCCC(=O)O)c(F)c1)C1CC1. The van der Waals surface area contributed by atoms with Gasteiger partial charge in [0.1, 0.15) is 11.6 Å². The lowest BCUT2D eigenvalue weighted by Crippen LogP contribution is -2.20. The van der Waals surface area contributed by atoms with Crippen molar-refractivity contribution in [2.24, 2.45) is 0 Å². The normalized spacial score (nSPS) is 13.7. The predicted molar refractivity (Wildman–Crippen MR) is 101 cm³/mol. The second-order valence-corrected chi connectivity index (χ2v) is 7.58. The highest BCUT2D eigenvalue weighted by Gasteiger charge is 2.28. The van der Waals surface area contributed by atoms with E-state index in [-0.39, 0.29) is 11.3 Å². The van der Waals surface area contributed by atoms with E-state index in [0.29, 0.717) is 23.8 Å². The fraction of sp³-hybridized carbons (Fsp3) is 0.350. The fourth-order valence-electron chi connectivity index (χ4n) is 2.93. The number of rotatable bonds is 8. The van der Waals surface area contributed by atoms with Gasteiger partial charge in [0.05, 0.1) is 4.90 Å². The van der Waals surface area contributed by atoms with Gasteiger partial charge in [-0.05, 0) is 48.8 Å². The van der Waals surface area contributed by atoms with Crippen molar-refractivity contribution < 1.29 is 18.7 Å². The van der Waals surface area contributed by atoms with Gasteiger partial charge < -0.3 is 10.0 Å². The predicted octanol–water partition coefficient (Wildman–Crippen LogP) is 5.19. The van der Waals surface area contributed by atoms with Crippen LogP contribution in [0.1, 0.15) is 25.7 Å². The summed E-state index contributed by atoms with van der Waals surface area (Å²) in [6.07, 6.45) is 2.64. The van der Waals surface area contributed by atoms with E-state index in [0.717, 1.165) is 35.9 Å². The van der Waals surface area contributed by atoms with Crippen molar-refractivity contribution in [3.05, 3.63) is 48.0 Å². The summed E-state index contributed by atoms with van der Waals surface area (Å²) in [5, 5.41) is 8.64. The van der Waals surface area contributed by atoms with Gasteiger partial charge in [-0.3, -0.25) is 4.79 Å². The zero-order valence-electron chi connectivity index (χ0n) is 14.5. The Balaban J connectivity index is 1.83. The highest BCUT2D eigenvalue weighted by molar-refractivity contribution is 7.99. The van der Waals surface area contributed by atoms with E-state index in [9.17, 15) is 13.6 Å². The molecule has 0 amide bonds. The topological polar surface area (TPSA) is 40.5 Å². The lowest BCUT2D eigenvalue weighted by molar-refractivity contribution is -0.137. The Bertz CT molecular complexity index is 785. The van der Waals surface area contributed by atoms with Crippen LogP contribution < -0.4 is 4.90 Å². The molecule has 138 valence electrons. The number of hydrogen-bond acceptors (Lipinski definition) is 3. The maximum Gasteiger partial charge on any atom is 0.303 e. The van der Waals surface area contributed by atoms with Gasteiger partial charge in [-0.25, -0.2) is 8.78 Å². The molecule has 0 aromatic heterocycles. The summed E-state index contributed by atoms with van der Waals surface area (Å²) in [6, 6.07) is 10.9. The Kier molecular flexibility index (Phi) is 5.81. The summed E-state index contributed by atoms with van der Waals surface area (Å²) in [4.78, 5) is 12.6. The minimum absolute atomic E-state index is 0.00476. The molecule has 3 nitrogen and oxygen atoms in total. The Morgan fingerprint density at radius 3 is 2.50 bits per heavy atom. The Morgan fingerprint density at radius 1 is 1.23 bits per heavy atom. The quantitative estimate of drug-likeness (QED) is 0.508. The van der Waals surface area contributed by atoms with Crippen LogP contribution in [0.2, 0.25) is 0 Å². The molecule has 2 aromatic carbocycles. The summed E-state index contributed by atoms with van der Waals surface area (Å²) in [6.45, 7) is 0. The van der Waals surface area contributed by atoms with Crippen LogP contribution in [0.5, 0.6) is 0 Å². The van der Waals surface area contributed by atoms with Crippen molar-refractivity contribution >= 4 is 23.4 Å². The van der Waals surface area contributed by atoms with Gasteiger partial charge in [0.15, 0.2) is 0 Å². The van der Waals surface area contributed by atoms with E-state index in [4.69, 9.17) is 5.11 Å². The van der Waals surface area contributed by atoms with E-state index in [2.05, 4.69) is 4.90 Å². The summed E-state index contributed by atoms with van der Waals surface area (Å²) < 4.78 is 29.0. The molecule has 26 heavy (non-hydrogen) atoms. The monoisotopic (exact) mass is 377 g/mol. The molecule has 6 heteroatoms. The number of anilines is 1. The molecule has 0 bridgehead atoms. The molecule has 0 heterocycles. The van der Waals surface area contributed by atoms with Crippen molar-refractivity contribution in [2.45, 2.75) is 36.6 Å². The van der Waals surface area contributed by atoms with Gasteiger partial charge in [-0.1, -0.05) is 18.2 Å². The highest BCUT2D eigenvalue weighted by Crippen LogP contribution is 2.38. The van der Waals surface area contributed by atoms with Crippen LogP contribution in [0, 0.1) is 11.6 Å². The standard InChI is InChI=1S/C20H21F2NO2S/c1-23(14-8-9-14)18-6-3-2-5-15(18)13-11-16(21)20(17(22)12-13)26-10-4-7-19(24)25/h2-3,5-6,11-12,14H,4,7-10H2,1H3,(H,24,25). The summed E-state index contributed by atoms with van der Waals surface area (Å²) in [5.41, 5.74) is 2.29. The number of carboxylic acid groups (broad SMARTS) is 1. The van der Waals surface area contributed by atoms with Gasteiger partial charge in [-0.2, -0.15) is 0 Å². The molecule has 0 atom stereocenters. The van der Waals surface area contributed by atoms with Crippen molar-refractivity contribution in [3.8, 4) is 11.1 Å². The third kappa shape index (κ3) is 4.36. The van der Waals surface area contributed by atoms with Crippen LogP contribution in [0.15, 0.2) is 41.3 Å². The number of halogens is 2. The number of thioether (sulfide) groups is 1. The first-order valence-electron chi connectivity index (χ1n) is 8.63. The minimum Gasteiger partial charge on any atom is -0.481 e. The second kappa shape index (κ2) is 8.08. The largest absolute Gasteiger partial charge is 0.481 e. The smallest absolute Gasteiger partial charge is 0.303 e. The first kappa shape index (κ1) is 18.7. The van der Waals surface area contributed by atoms with Gasteiger partial charge >= 0.3 is 5.97 Å². The number of carboxylic acids is 1. The first-order valence-corrected chi connectivity index (χ1v) is 9.62. The Morgan fingerprint density at radius 2 is 1.88 bits per heavy atom. The zero-order chi connectivity index (χ0) is 18.7. The van der Waals surface area contributed by atoms with Gasteiger partial charge in [0.25, 0.3) is 0 Å². The molecule has 1 aliphatic rings. The van der Waals surface area contributed by atoms with Crippen LogP contribution in [0.25, 0.3) is 11.1 Å². The van der Waals surface area contributed by atoms with E-state index < -0.39 is 17.6 Å². The second-order valence-electron chi connectivity index (χ2n) is 6.47. The number of nitrogens with zero attached hydrogens (tertiary/aromatic N) is 1. The van der Waals surface area contributed by atoms with Crippen molar-refractivity contribution in [1.82, 2.24) is 0 Å². The molecular formula is C20H21F2NO2S. The molecule has 1 N–H and O–H groups in total. The zero-order valence-corrected chi connectivity index (χ0v) is 15.4. The lowest BCUT2D eigenvalue weighted by atomic mass is 10.0. The third-order valence-electron chi connectivity index (χ3n) is 4.47. The van der Waals surface area contributed by atoms with Crippen LogP contribution in [-0.4, -0.2) is 29.9 Å². The van der Waals surface area contributed by atoms with Crippen LogP contribution in [-0.2, 0) is 4.79 Å². The van der Waals surface area contributed by atoms with Gasteiger partial charge in [-0.15, -0.1) is 11.8 Å². The van der Waals surface area contributed by atoms with Crippen molar-refractivity contribution in [1.29, 1.82) is 0 Å². The van der Waals surface area contributed by atoms with Crippen LogP contribution in [0.4, 0.5) is 14.5 Å². The fourth-order valence-corrected chi connectivity index (χ4v) is 3.82. The van der Waals surface area contributed by atoms with E-state index >= 15 is 0 Å². The maximum atomic E-state index is 14.5. The average molecular weight is 377 g/mol. The van der Waals surface area contributed by atoms with Gasteiger partial charge in [0, 0.05) is 30.8 Å². The van der Waals surface area contributed by atoms with Crippen molar-refractivity contribution in [2.75, 3.05) is 17.7 Å². The molecular weight excluding hydrogens is 356 g/mol. The molecule has 0 aliphatic heterocycles. The number of para-hydroxylation sites is 1. The lowest BCUT2D eigenvalue weighted by Gasteiger charge is -2.22. The highest BCUT2D eigenvalue weighted by atomic mass is 32.2. The van der Waals surface area contributed by atoms with Crippen LogP contribution >= 0.6 is 11.8 Å². The molecule has 3 rings (SSSR count). The average Bonchev–Trinajstić information content (AvgIpc) is 3.44. The van der Waals surface area contributed by atoms with E-state index in [1.54, 1.807) is 0 Å². The first-order chi connectivity index (χ1) is 12.5. The molecule has 2 aromatic rings. The molecule has 0 saturated heterocycles. The minimum atomic E-state index is -0.904. The number of carbonyl (C=O) groups is 1. The third-order valence-corrected chi connectivity index (χ3v) is 5.64. The Hall–Kier alpha value is -2.08. The Labute approximate surface area is 156 Å². The van der Waals surface area contributed by atoms with E-state index in [1.165, 1.54) is 12.1 Å². The number of aliphatic carboxylic acids is 1. The van der Waals surface area contributed by atoms with Gasteiger partial charge in [0.2, 0.25) is 0 Å². The summed E-state index contributed by atoms with van der Waals surface area (Å²) >= 11 is 1.02.